The Balaban J connectivity index is 2.23. The summed E-state index contributed by atoms with van der Waals surface area (Å²) in [5, 5.41) is 0. The van der Waals surface area contributed by atoms with Crippen molar-refractivity contribution in [1.29, 1.82) is 0 Å². The first-order chi connectivity index (χ1) is 9.64. The maximum absolute atomic E-state index is 12.8. The minimum Gasteiger partial charge on any atom is -0.368 e. The molecule has 0 amide bonds. The van der Waals surface area contributed by atoms with Crippen LogP contribution < -0.4 is 10.6 Å². The van der Waals surface area contributed by atoms with Crippen LogP contribution in [0.3, 0.4) is 0 Å². The summed E-state index contributed by atoms with van der Waals surface area (Å²) in [5.74, 6) is -0.165. The summed E-state index contributed by atoms with van der Waals surface area (Å²) in [7, 11) is 5.70. The van der Waals surface area contributed by atoms with Crippen LogP contribution in [0.1, 0.15) is 25.0 Å². The van der Waals surface area contributed by atoms with E-state index in [0.717, 1.165) is 25.3 Å². The van der Waals surface area contributed by atoms with Gasteiger partial charge >= 0.3 is 6.18 Å². The second-order valence-corrected chi connectivity index (χ2v) is 5.80. The molecule has 2 rings (SSSR count). The maximum atomic E-state index is 12.8. The molecule has 1 saturated carbocycles. The van der Waals surface area contributed by atoms with E-state index in [1.54, 1.807) is 11.9 Å². The average Bonchev–Trinajstić information content (AvgIpc) is 2.31. The predicted octanol–water partition coefficient (Wildman–Crippen LogP) is 2.00. The van der Waals surface area contributed by atoms with Crippen molar-refractivity contribution in [2.24, 2.45) is 0 Å². The van der Waals surface area contributed by atoms with Crippen molar-refractivity contribution in [3.05, 3.63) is 11.8 Å². The molecule has 1 fully saturated rings. The number of anilines is 2. The lowest BCUT2D eigenvalue weighted by Crippen LogP contribution is -2.56. The van der Waals surface area contributed by atoms with Gasteiger partial charge in [-0.1, -0.05) is 0 Å². The molecule has 1 heterocycles. The van der Waals surface area contributed by atoms with Gasteiger partial charge in [0, 0.05) is 25.2 Å². The highest BCUT2D eigenvalue weighted by Gasteiger charge is 2.40. The number of hydrogen-bond donors (Lipinski definition) is 1. The highest BCUT2D eigenvalue weighted by atomic mass is 19.4. The molecule has 118 valence electrons. The van der Waals surface area contributed by atoms with E-state index in [1.807, 2.05) is 14.1 Å². The smallest absolute Gasteiger partial charge is 0.368 e. The van der Waals surface area contributed by atoms with Gasteiger partial charge in [0.05, 0.1) is 0 Å². The summed E-state index contributed by atoms with van der Waals surface area (Å²) in [6, 6.07) is 0.943. The summed E-state index contributed by atoms with van der Waals surface area (Å²) in [6.07, 6.45) is -1.35. The molecule has 0 saturated heterocycles. The monoisotopic (exact) mass is 303 g/mol. The lowest BCUT2D eigenvalue weighted by Gasteiger charge is -2.49. The van der Waals surface area contributed by atoms with Gasteiger partial charge < -0.3 is 15.5 Å². The zero-order chi connectivity index (χ0) is 15.8. The minimum atomic E-state index is -4.53. The number of rotatable bonds is 4. The Morgan fingerprint density at radius 3 is 2.29 bits per heavy atom. The minimum absolute atomic E-state index is 0.00709. The highest BCUT2D eigenvalue weighted by Crippen LogP contribution is 2.37. The fraction of sp³-hybridized carbons (Fsp3) is 0.692. The van der Waals surface area contributed by atoms with E-state index in [0.29, 0.717) is 6.54 Å². The number of halogens is 3. The lowest BCUT2D eigenvalue weighted by molar-refractivity contribution is -0.141. The predicted molar refractivity (Wildman–Crippen MR) is 75.0 cm³/mol. The molecule has 1 aliphatic rings. The van der Waals surface area contributed by atoms with E-state index in [9.17, 15) is 13.2 Å². The molecule has 0 bridgehead atoms. The van der Waals surface area contributed by atoms with Crippen LogP contribution in [0.2, 0.25) is 0 Å². The fourth-order valence-electron chi connectivity index (χ4n) is 2.65. The Morgan fingerprint density at radius 2 is 1.86 bits per heavy atom. The first kappa shape index (κ1) is 15.8. The third kappa shape index (κ3) is 3.20. The summed E-state index contributed by atoms with van der Waals surface area (Å²) in [4.78, 5) is 11.0. The van der Waals surface area contributed by atoms with Crippen molar-refractivity contribution >= 4 is 11.8 Å². The zero-order valence-electron chi connectivity index (χ0n) is 12.4. The molecule has 8 heteroatoms. The number of aromatic nitrogens is 2. The van der Waals surface area contributed by atoms with Crippen LogP contribution in [-0.4, -0.2) is 48.1 Å². The van der Waals surface area contributed by atoms with E-state index in [2.05, 4.69) is 14.9 Å². The molecule has 0 atom stereocenters. The van der Waals surface area contributed by atoms with Crippen LogP contribution >= 0.6 is 0 Å². The molecule has 0 aromatic carbocycles. The number of nitrogens with zero attached hydrogens (tertiary/aromatic N) is 4. The average molecular weight is 303 g/mol. The largest absolute Gasteiger partial charge is 0.433 e. The van der Waals surface area contributed by atoms with Crippen LogP contribution in [0.15, 0.2) is 6.07 Å². The second-order valence-electron chi connectivity index (χ2n) is 5.80. The summed E-state index contributed by atoms with van der Waals surface area (Å²) >= 11 is 0. The Labute approximate surface area is 122 Å². The molecule has 0 unspecified atom stereocenters. The topological polar surface area (TPSA) is 58.3 Å². The van der Waals surface area contributed by atoms with Gasteiger partial charge in [-0.25, -0.2) is 4.98 Å². The molecule has 21 heavy (non-hydrogen) atoms. The van der Waals surface area contributed by atoms with E-state index in [1.165, 1.54) is 0 Å². The van der Waals surface area contributed by atoms with Gasteiger partial charge in [-0.3, -0.25) is 0 Å². The van der Waals surface area contributed by atoms with Crippen LogP contribution in [-0.2, 0) is 6.18 Å². The molecule has 1 aliphatic carbocycles. The van der Waals surface area contributed by atoms with Gasteiger partial charge in [0.15, 0.2) is 5.69 Å². The van der Waals surface area contributed by atoms with E-state index < -0.39 is 11.9 Å². The van der Waals surface area contributed by atoms with Crippen molar-refractivity contribution in [3.63, 3.8) is 0 Å². The van der Waals surface area contributed by atoms with Crippen LogP contribution in [0.25, 0.3) is 0 Å². The van der Waals surface area contributed by atoms with Gasteiger partial charge in [-0.2, -0.15) is 18.2 Å². The molecule has 5 nitrogen and oxygen atoms in total. The molecule has 0 radical (unpaired) electrons. The normalized spacial score (nSPS) is 17.7. The molecular weight excluding hydrogens is 283 g/mol. The second kappa shape index (κ2) is 5.32. The highest BCUT2D eigenvalue weighted by molar-refractivity contribution is 5.44. The number of nitrogen functional groups attached to an aromatic ring is 1. The lowest BCUT2D eigenvalue weighted by atomic mass is 9.75. The zero-order valence-corrected chi connectivity index (χ0v) is 12.4. The van der Waals surface area contributed by atoms with Gasteiger partial charge in [0.25, 0.3) is 0 Å². The van der Waals surface area contributed by atoms with Gasteiger partial charge in [-0.15, -0.1) is 0 Å². The van der Waals surface area contributed by atoms with Crippen molar-refractivity contribution in [3.8, 4) is 0 Å². The first-order valence-electron chi connectivity index (χ1n) is 6.74. The Kier molecular flexibility index (Phi) is 4.01. The van der Waals surface area contributed by atoms with Crippen molar-refractivity contribution < 1.29 is 13.2 Å². The summed E-state index contributed by atoms with van der Waals surface area (Å²) < 4.78 is 38.3. The molecule has 1 aromatic rings. The molecule has 2 N–H and O–H groups in total. The van der Waals surface area contributed by atoms with Crippen molar-refractivity contribution in [1.82, 2.24) is 14.9 Å². The third-order valence-corrected chi connectivity index (χ3v) is 4.18. The first-order valence-corrected chi connectivity index (χ1v) is 6.74. The number of nitrogens with two attached hydrogens (primary N) is 1. The van der Waals surface area contributed by atoms with Crippen LogP contribution in [0.4, 0.5) is 24.9 Å². The molecular formula is C13H20F3N5. The van der Waals surface area contributed by atoms with E-state index in [4.69, 9.17) is 5.73 Å². The number of likely N-dealkylation sites (N-methyl/N-ethyl adjacent to an activating group) is 2. The van der Waals surface area contributed by atoms with Crippen molar-refractivity contribution in [2.75, 3.05) is 38.3 Å². The SMILES string of the molecule is CN(CC1(N(C)C)CCC1)c1cc(C(F)(F)F)nc(N)n1. The maximum Gasteiger partial charge on any atom is 0.433 e. The summed E-state index contributed by atoms with van der Waals surface area (Å²) in [6.45, 7) is 0.605. The fourth-order valence-corrected chi connectivity index (χ4v) is 2.65. The molecule has 0 aliphatic heterocycles. The third-order valence-electron chi connectivity index (χ3n) is 4.18. The molecule has 0 spiro atoms. The van der Waals surface area contributed by atoms with E-state index >= 15 is 0 Å². The quantitative estimate of drug-likeness (QED) is 0.922. The Hall–Kier alpha value is -1.57. The number of hydrogen-bond acceptors (Lipinski definition) is 5. The number of alkyl halides is 3. The standard InChI is InChI=1S/C13H20F3N5/c1-20(2)12(5-4-6-12)8-21(3)10-7-9(13(14,15)16)18-11(17)19-10/h7H,4-6,8H2,1-3H3,(H2,17,18,19). The Bertz CT molecular complexity index is 511. The summed E-state index contributed by atoms with van der Waals surface area (Å²) in [5.41, 5.74) is 4.39. The van der Waals surface area contributed by atoms with Crippen molar-refractivity contribution in [2.45, 2.75) is 31.0 Å². The van der Waals surface area contributed by atoms with Gasteiger partial charge in [0.2, 0.25) is 5.95 Å². The van der Waals surface area contributed by atoms with Gasteiger partial charge in [0.1, 0.15) is 5.82 Å². The van der Waals surface area contributed by atoms with E-state index in [-0.39, 0.29) is 17.3 Å². The van der Waals surface area contributed by atoms with Crippen LogP contribution in [0, 0.1) is 0 Å². The van der Waals surface area contributed by atoms with Crippen LogP contribution in [0.5, 0.6) is 0 Å². The van der Waals surface area contributed by atoms with Gasteiger partial charge in [-0.05, 0) is 33.4 Å². The molecule has 1 aromatic heterocycles. The Morgan fingerprint density at radius 1 is 1.24 bits per heavy atom.